The van der Waals surface area contributed by atoms with Crippen LogP contribution in [0.5, 0.6) is 0 Å². The van der Waals surface area contributed by atoms with Crippen molar-refractivity contribution in [1.29, 1.82) is 0 Å². The lowest BCUT2D eigenvalue weighted by Crippen LogP contribution is -2.52. The number of benzene rings is 4. The lowest BCUT2D eigenvalue weighted by Gasteiger charge is -2.41. The Morgan fingerprint density at radius 3 is 2.02 bits per heavy atom. The first kappa shape index (κ1) is 30.6. The zero-order valence-corrected chi connectivity index (χ0v) is 25.8. The molecule has 0 amide bonds. The molecule has 232 valence electrons. The molecule has 1 aromatic heterocycles. The highest BCUT2D eigenvalue weighted by Crippen LogP contribution is 2.38. The highest BCUT2D eigenvalue weighted by atomic mass is 16.4. The largest absolute Gasteiger partial charge is 0.478 e. The molecule has 0 fully saturated rings. The number of aromatic nitrogens is 4. The van der Waals surface area contributed by atoms with Crippen LogP contribution >= 0.6 is 0 Å². The SMILES string of the molecule is CCCN(Cc1ccc(-c2ccccc2-c2nnn[nH]2)cc1)C1=C(C(=O)O)C(N)C(Cc2ccccc2)(Cc2ccccc2)C=N1. The summed E-state index contributed by atoms with van der Waals surface area (Å²) in [6.45, 7) is 3.19. The second kappa shape index (κ2) is 13.7. The molecule has 6 rings (SSSR count). The topological polar surface area (TPSA) is 133 Å². The molecule has 0 saturated carbocycles. The van der Waals surface area contributed by atoms with Crippen LogP contribution in [0.15, 0.2) is 126 Å². The van der Waals surface area contributed by atoms with Crippen LogP contribution in [0.25, 0.3) is 22.5 Å². The lowest BCUT2D eigenvalue weighted by atomic mass is 9.68. The molecule has 9 nitrogen and oxygen atoms in total. The molecule has 0 saturated heterocycles. The van der Waals surface area contributed by atoms with E-state index in [9.17, 15) is 9.90 Å². The summed E-state index contributed by atoms with van der Waals surface area (Å²) in [5, 5.41) is 25.0. The highest BCUT2D eigenvalue weighted by molar-refractivity contribution is 5.92. The number of carboxylic acid groups (broad SMARTS) is 1. The maximum Gasteiger partial charge on any atom is 0.336 e. The standard InChI is InChI=1S/C37H37N7O2/c1-2-21-44(24-28-17-19-29(20-18-28)30-15-9-10-16-31(30)34-40-42-43-41-34)35-32(36(45)46)33(38)37(25-39-35,22-26-11-5-3-6-12-26)23-27-13-7-4-8-14-27/h3-20,25,33H,2,21-24,38H2,1H3,(H,45,46)(H,40,41,42,43). The van der Waals surface area contributed by atoms with Gasteiger partial charge in [0.25, 0.3) is 0 Å². The first-order valence-corrected chi connectivity index (χ1v) is 15.5. The Hall–Kier alpha value is -5.41. The number of aliphatic imine (C=N–C) groups is 1. The number of aromatic amines is 1. The predicted octanol–water partition coefficient (Wildman–Crippen LogP) is 5.93. The van der Waals surface area contributed by atoms with Crippen molar-refractivity contribution in [1.82, 2.24) is 25.5 Å². The van der Waals surface area contributed by atoms with Crippen molar-refractivity contribution in [2.75, 3.05) is 6.54 Å². The van der Waals surface area contributed by atoms with Gasteiger partial charge in [0.2, 0.25) is 0 Å². The first-order valence-electron chi connectivity index (χ1n) is 15.5. The highest BCUT2D eigenvalue weighted by Gasteiger charge is 2.44. The van der Waals surface area contributed by atoms with E-state index in [0.717, 1.165) is 39.8 Å². The molecule has 4 N–H and O–H groups in total. The molecule has 1 aliphatic rings. The van der Waals surface area contributed by atoms with Crippen LogP contribution in [0.3, 0.4) is 0 Å². The molecule has 1 unspecified atom stereocenters. The number of H-pyrrole nitrogens is 1. The number of carboxylic acids is 1. The van der Waals surface area contributed by atoms with Crippen molar-refractivity contribution >= 4 is 12.2 Å². The van der Waals surface area contributed by atoms with Crippen molar-refractivity contribution in [2.24, 2.45) is 16.1 Å². The predicted molar refractivity (Wildman–Crippen MR) is 180 cm³/mol. The van der Waals surface area contributed by atoms with Crippen molar-refractivity contribution in [2.45, 2.75) is 38.8 Å². The molecule has 4 aromatic carbocycles. The van der Waals surface area contributed by atoms with Crippen molar-refractivity contribution in [3.8, 4) is 22.5 Å². The van der Waals surface area contributed by atoms with Gasteiger partial charge in [-0.2, -0.15) is 0 Å². The smallest absolute Gasteiger partial charge is 0.336 e. The number of tetrazole rings is 1. The molecule has 1 aliphatic heterocycles. The Morgan fingerprint density at radius 1 is 0.848 bits per heavy atom. The quantitative estimate of drug-likeness (QED) is 0.159. The molecular formula is C37H37N7O2. The summed E-state index contributed by atoms with van der Waals surface area (Å²) in [4.78, 5) is 20.0. The summed E-state index contributed by atoms with van der Waals surface area (Å²) in [7, 11) is 0. The van der Waals surface area contributed by atoms with E-state index in [0.29, 0.717) is 37.6 Å². The zero-order chi connectivity index (χ0) is 31.9. The Bertz CT molecular complexity index is 1780. The third kappa shape index (κ3) is 6.50. The Balaban J connectivity index is 1.32. The molecule has 5 aromatic rings. The Kier molecular flexibility index (Phi) is 9.12. The van der Waals surface area contributed by atoms with Gasteiger partial charge in [-0.15, -0.1) is 5.10 Å². The van der Waals surface area contributed by atoms with Gasteiger partial charge >= 0.3 is 5.97 Å². The van der Waals surface area contributed by atoms with Crippen molar-refractivity contribution in [3.63, 3.8) is 0 Å². The van der Waals surface area contributed by atoms with Crippen LogP contribution in [0.1, 0.15) is 30.0 Å². The maximum atomic E-state index is 13.0. The summed E-state index contributed by atoms with van der Waals surface area (Å²) in [6.07, 6.45) is 3.87. The number of hydrogen-bond acceptors (Lipinski definition) is 7. The van der Waals surface area contributed by atoms with E-state index in [1.807, 2.05) is 71.8 Å². The van der Waals surface area contributed by atoms with E-state index in [-0.39, 0.29) is 5.57 Å². The molecule has 0 radical (unpaired) electrons. The summed E-state index contributed by atoms with van der Waals surface area (Å²) in [5.41, 5.74) is 12.6. The van der Waals surface area contributed by atoms with Gasteiger partial charge in [0, 0.05) is 30.3 Å². The molecule has 0 spiro atoms. The monoisotopic (exact) mass is 611 g/mol. The minimum absolute atomic E-state index is 0.147. The number of nitrogens with two attached hydrogens (primary N) is 1. The number of nitrogens with one attached hydrogen (secondary N) is 1. The minimum atomic E-state index is -1.04. The fourth-order valence-corrected chi connectivity index (χ4v) is 6.33. The zero-order valence-electron chi connectivity index (χ0n) is 25.8. The van der Waals surface area contributed by atoms with E-state index in [2.05, 4.69) is 76.1 Å². The summed E-state index contributed by atoms with van der Waals surface area (Å²) in [5.74, 6) is -0.0188. The van der Waals surface area contributed by atoms with Crippen LogP contribution in [0.2, 0.25) is 0 Å². The molecule has 0 aliphatic carbocycles. The third-order valence-electron chi connectivity index (χ3n) is 8.56. The molecule has 9 heteroatoms. The van der Waals surface area contributed by atoms with Crippen molar-refractivity contribution in [3.05, 3.63) is 137 Å². The van der Waals surface area contributed by atoms with Crippen molar-refractivity contribution < 1.29 is 9.90 Å². The summed E-state index contributed by atoms with van der Waals surface area (Å²) in [6, 6.07) is 35.6. The summed E-state index contributed by atoms with van der Waals surface area (Å²) < 4.78 is 0. The number of nitrogens with zero attached hydrogens (tertiary/aromatic N) is 5. The third-order valence-corrected chi connectivity index (χ3v) is 8.56. The van der Waals surface area contributed by atoms with Gasteiger partial charge in [-0.1, -0.05) is 116 Å². The van der Waals surface area contributed by atoms with E-state index >= 15 is 0 Å². The van der Waals surface area contributed by atoms with Crippen LogP contribution < -0.4 is 5.73 Å². The molecule has 46 heavy (non-hydrogen) atoms. The average molecular weight is 612 g/mol. The van der Waals surface area contributed by atoms with Gasteiger partial charge < -0.3 is 15.7 Å². The first-order chi connectivity index (χ1) is 22.5. The second-order valence-corrected chi connectivity index (χ2v) is 11.8. The van der Waals surface area contributed by atoms with Gasteiger partial charge in [-0.25, -0.2) is 14.9 Å². The van der Waals surface area contributed by atoms with E-state index < -0.39 is 17.4 Å². The van der Waals surface area contributed by atoms with Crippen LogP contribution in [-0.2, 0) is 24.2 Å². The normalized spacial score (nSPS) is 15.6. The molecule has 1 atom stereocenters. The van der Waals surface area contributed by atoms with Crippen LogP contribution in [0.4, 0.5) is 0 Å². The minimum Gasteiger partial charge on any atom is -0.478 e. The lowest BCUT2D eigenvalue weighted by molar-refractivity contribution is -0.133. The molecular weight excluding hydrogens is 574 g/mol. The van der Waals surface area contributed by atoms with Gasteiger partial charge in [-0.3, -0.25) is 0 Å². The van der Waals surface area contributed by atoms with E-state index in [1.54, 1.807) is 0 Å². The number of hydrogen-bond donors (Lipinski definition) is 3. The van der Waals surface area contributed by atoms with Gasteiger partial charge in [0.05, 0.1) is 11.6 Å². The molecule has 2 heterocycles. The number of rotatable bonds is 12. The number of carbonyl (C=O) groups is 1. The Morgan fingerprint density at radius 2 is 1.46 bits per heavy atom. The Labute approximate surface area is 268 Å². The van der Waals surface area contributed by atoms with Gasteiger partial charge in [0.15, 0.2) is 5.82 Å². The van der Waals surface area contributed by atoms with Gasteiger partial charge in [-0.05, 0) is 57.5 Å². The fraction of sp³-hybridized carbons (Fsp3) is 0.216. The second-order valence-electron chi connectivity index (χ2n) is 11.8. The number of aliphatic carboxylic acids is 1. The molecule has 0 bridgehead atoms. The van der Waals surface area contributed by atoms with E-state index in [1.165, 1.54) is 0 Å². The average Bonchev–Trinajstić information content (AvgIpc) is 3.62. The van der Waals surface area contributed by atoms with E-state index in [4.69, 9.17) is 10.7 Å². The maximum absolute atomic E-state index is 13.0. The summed E-state index contributed by atoms with van der Waals surface area (Å²) >= 11 is 0. The van der Waals surface area contributed by atoms with Gasteiger partial charge in [0.1, 0.15) is 5.82 Å². The van der Waals surface area contributed by atoms with Crippen LogP contribution in [-0.4, -0.2) is 55.4 Å². The van der Waals surface area contributed by atoms with Crippen LogP contribution in [0, 0.1) is 5.41 Å². The fourth-order valence-electron chi connectivity index (χ4n) is 6.33.